The van der Waals surface area contributed by atoms with Crippen molar-refractivity contribution in [3.63, 3.8) is 0 Å². The minimum absolute atomic E-state index is 0.0720. The van der Waals surface area contributed by atoms with Crippen molar-refractivity contribution in [3.8, 4) is 0 Å². The molecule has 0 aliphatic rings. The Morgan fingerprint density at radius 3 is 2.78 bits per heavy atom. The van der Waals surface area contributed by atoms with Crippen LogP contribution in [0, 0.1) is 5.82 Å². The van der Waals surface area contributed by atoms with E-state index < -0.39 is 20.7 Å². The van der Waals surface area contributed by atoms with Crippen LogP contribution in [0.15, 0.2) is 29.2 Å². The van der Waals surface area contributed by atoms with Crippen LogP contribution in [0.25, 0.3) is 0 Å². The Morgan fingerprint density at radius 2 is 2.17 bits per heavy atom. The first-order valence-electron chi connectivity index (χ1n) is 5.24. The van der Waals surface area contributed by atoms with Gasteiger partial charge in [0.2, 0.25) is 10.0 Å². The molecule has 0 aliphatic carbocycles. The number of rotatable bonds is 5. The van der Waals surface area contributed by atoms with Crippen molar-refractivity contribution >= 4 is 27.3 Å². The van der Waals surface area contributed by atoms with E-state index in [9.17, 15) is 12.8 Å². The number of hydrogen-bond donors (Lipinski definition) is 2. The van der Waals surface area contributed by atoms with Crippen molar-refractivity contribution < 1.29 is 12.8 Å². The van der Waals surface area contributed by atoms with Gasteiger partial charge >= 0.3 is 0 Å². The molecule has 1 rings (SSSR count). The highest BCUT2D eigenvalue weighted by Gasteiger charge is 2.21. The third-order valence-electron chi connectivity index (χ3n) is 2.16. The lowest BCUT2D eigenvalue weighted by Gasteiger charge is -2.08. The van der Waals surface area contributed by atoms with Gasteiger partial charge in [-0.25, -0.2) is 17.5 Å². The van der Waals surface area contributed by atoms with Gasteiger partial charge < -0.3 is 5.73 Å². The summed E-state index contributed by atoms with van der Waals surface area (Å²) in [5.41, 5.74) is 5.04. The number of nitrogens with two attached hydrogens (primary N) is 1. The lowest BCUT2D eigenvalue weighted by Crippen LogP contribution is -2.25. The minimum Gasteiger partial charge on any atom is -0.396 e. The Morgan fingerprint density at radius 1 is 1.50 bits per heavy atom. The molecule has 0 saturated carbocycles. The van der Waals surface area contributed by atoms with Crippen molar-refractivity contribution in [3.05, 3.63) is 35.1 Å². The topological polar surface area (TPSA) is 72.2 Å². The van der Waals surface area contributed by atoms with E-state index in [2.05, 4.69) is 4.72 Å². The number of nitrogen functional groups attached to an aromatic ring is 1. The highest BCUT2D eigenvalue weighted by molar-refractivity contribution is 7.89. The van der Waals surface area contributed by atoms with Crippen LogP contribution in [0.4, 0.5) is 10.1 Å². The van der Waals surface area contributed by atoms with E-state index >= 15 is 0 Å². The molecule has 0 radical (unpaired) electrons. The first-order chi connectivity index (χ1) is 8.38. The molecule has 0 unspecified atom stereocenters. The van der Waals surface area contributed by atoms with Crippen molar-refractivity contribution in [1.82, 2.24) is 4.72 Å². The van der Waals surface area contributed by atoms with Gasteiger partial charge in [0, 0.05) is 11.6 Å². The zero-order valence-corrected chi connectivity index (χ0v) is 11.4. The van der Waals surface area contributed by atoms with Gasteiger partial charge in [0.25, 0.3) is 0 Å². The SMILES string of the molecule is C/C=C/CCNS(=O)(=O)c1cc(Cl)cc(N)c1F. The van der Waals surface area contributed by atoms with Gasteiger partial charge in [-0.3, -0.25) is 0 Å². The molecule has 0 heterocycles. The van der Waals surface area contributed by atoms with E-state index in [-0.39, 0.29) is 17.3 Å². The maximum atomic E-state index is 13.6. The summed E-state index contributed by atoms with van der Waals surface area (Å²) in [6.07, 6.45) is 4.12. The fourth-order valence-electron chi connectivity index (χ4n) is 1.30. The van der Waals surface area contributed by atoms with Crippen LogP contribution in [0.3, 0.4) is 0 Å². The summed E-state index contributed by atoms with van der Waals surface area (Å²) in [4.78, 5) is -0.534. The molecule has 1 aromatic rings. The number of sulfonamides is 1. The summed E-state index contributed by atoms with van der Waals surface area (Å²) < 4.78 is 39.6. The van der Waals surface area contributed by atoms with Crippen LogP contribution >= 0.6 is 11.6 Å². The third-order valence-corrected chi connectivity index (χ3v) is 3.84. The molecule has 4 nitrogen and oxygen atoms in total. The smallest absolute Gasteiger partial charge is 0.243 e. The third kappa shape index (κ3) is 3.69. The number of anilines is 1. The molecule has 0 saturated heterocycles. The molecule has 0 aliphatic heterocycles. The fourth-order valence-corrected chi connectivity index (χ4v) is 2.77. The second-order valence-corrected chi connectivity index (χ2v) is 5.73. The van der Waals surface area contributed by atoms with Crippen molar-refractivity contribution in [2.24, 2.45) is 0 Å². The van der Waals surface area contributed by atoms with Gasteiger partial charge in [0.05, 0.1) is 5.69 Å². The number of halogens is 2. The summed E-state index contributed by atoms with van der Waals surface area (Å²) in [5, 5.41) is 0.0720. The molecule has 3 N–H and O–H groups in total. The number of hydrogen-bond acceptors (Lipinski definition) is 3. The van der Waals surface area contributed by atoms with Gasteiger partial charge in [-0.2, -0.15) is 0 Å². The van der Waals surface area contributed by atoms with Gasteiger partial charge in [-0.05, 0) is 25.5 Å². The molecule has 0 fully saturated rings. The number of nitrogens with one attached hydrogen (secondary N) is 1. The molecule has 100 valence electrons. The summed E-state index contributed by atoms with van der Waals surface area (Å²) in [7, 11) is -3.94. The standard InChI is InChI=1S/C11H14ClFN2O2S/c1-2-3-4-5-15-18(16,17)10-7-8(12)6-9(14)11(10)13/h2-3,6-7,15H,4-5,14H2,1H3/b3-2+. The van der Waals surface area contributed by atoms with E-state index in [4.69, 9.17) is 17.3 Å². The van der Waals surface area contributed by atoms with E-state index in [1.54, 1.807) is 12.2 Å². The van der Waals surface area contributed by atoms with Gasteiger partial charge in [-0.15, -0.1) is 0 Å². The average molecular weight is 293 g/mol. The van der Waals surface area contributed by atoms with Gasteiger partial charge in [-0.1, -0.05) is 23.8 Å². The highest BCUT2D eigenvalue weighted by atomic mass is 35.5. The minimum atomic E-state index is -3.94. The van der Waals surface area contributed by atoms with E-state index in [0.717, 1.165) is 12.1 Å². The van der Waals surface area contributed by atoms with E-state index in [1.165, 1.54) is 0 Å². The molecule has 0 amide bonds. The van der Waals surface area contributed by atoms with Gasteiger partial charge in [0.15, 0.2) is 5.82 Å². The van der Waals surface area contributed by atoms with Crippen LogP contribution in [0.5, 0.6) is 0 Å². The quantitative estimate of drug-likeness (QED) is 0.497. The van der Waals surface area contributed by atoms with Crippen LogP contribution in [0.1, 0.15) is 13.3 Å². The van der Waals surface area contributed by atoms with E-state index in [0.29, 0.717) is 6.42 Å². The maximum Gasteiger partial charge on any atom is 0.243 e. The Kier molecular flexibility index (Phi) is 5.13. The van der Waals surface area contributed by atoms with Gasteiger partial charge in [0.1, 0.15) is 4.90 Å². The Hall–Kier alpha value is -1.11. The van der Waals surface area contributed by atoms with Crippen molar-refractivity contribution in [1.29, 1.82) is 0 Å². The molecule has 0 aromatic heterocycles. The molecular formula is C11H14ClFN2O2S. The number of benzene rings is 1. The van der Waals surface area contributed by atoms with Crippen LogP contribution in [-0.4, -0.2) is 15.0 Å². The highest BCUT2D eigenvalue weighted by Crippen LogP contribution is 2.24. The van der Waals surface area contributed by atoms with Crippen LogP contribution in [-0.2, 0) is 10.0 Å². The normalized spacial score (nSPS) is 12.2. The second kappa shape index (κ2) is 6.17. The Bertz CT molecular complexity index is 558. The predicted molar refractivity (Wildman–Crippen MR) is 70.4 cm³/mol. The summed E-state index contributed by atoms with van der Waals surface area (Å²) in [6.45, 7) is 2.00. The predicted octanol–water partition coefficient (Wildman–Crippen LogP) is 2.31. The van der Waals surface area contributed by atoms with E-state index in [1.807, 2.05) is 6.92 Å². The summed E-state index contributed by atoms with van der Waals surface area (Å²) in [5.74, 6) is -0.988. The number of allylic oxidation sites excluding steroid dienone is 1. The largest absolute Gasteiger partial charge is 0.396 e. The van der Waals surface area contributed by atoms with Crippen molar-refractivity contribution in [2.45, 2.75) is 18.2 Å². The Labute approximate surface area is 111 Å². The summed E-state index contributed by atoms with van der Waals surface area (Å²) in [6, 6.07) is 2.20. The molecule has 0 atom stereocenters. The molecule has 1 aromatic carbocycles. The van der Waals surface area contributed by atoms with Crippen LogP contribution in [0.2, 0.25) is 5.02 Å². The van der Waals surface area contributed by atoms with Crippen molar-refractivity contribution in [2.75, 3.05) is 12.3 Å². The average Bonchev–Trinajstić information content (AvgIpc) is 2.29. The molecular weight excluding hydrogens is 279 g/mol. The molecule has 0 spiro atoms. The lowest BCUT2D eigenvalue weighted by atomic mass is 10.3. The molecule has 0 bridgehead atoms. The van der Waals surface area contributed by atoms with Crippen LogP contribution < -0.4 is 10.5 Å². The monoisotopic (exact) mass is 292 g/mol. The Balaban J connectivity index is 2.98. The first kappa shape index (κ1) is 14.9. The maximum absolute atomic E-state index is 13.6. The zero-order chi connectivity index (χ0) is 13.8. The first-order valence-corrected chi connectivity index (χ1v) is 7.10. The zero-order valence-electron chi connectivity index (χ0n) is 9.78. The second-order valence-electron chi connectivity index (χ2n) is 3.56. The fraction of sp³-hybridized carbons (Fsp3) is 0.273. The lowest BCUT2D eigenvalue weighted by molar-refractivity contribution is 0.559. The molecule has 18 heavy (non-hydrogen) atoms. The summed E-state index contributed by atoms with van der Waals surface area (Å²) >= 11 is 5.66. The molecule has 7 heteroatoms.